The normalized spacial score (nSPS) is 13.2. The van der Waals surface area contributed by atoms with E-state index < -0.39 is 23.9 Å². The SMILES string of the molecule is O=C(N[C@H](Cc1cc(Br)ccc1F)C(=O)O)OCC1c2ccccc2-c2ccccc21. The Labute approximate surface area is 187 Å². The van der Waals surface area contributed by atoms with Gasteiger partial charge in [0.1, 0.15) is 18.5 Å². The van der Waals surface area contributed by atoms with Crippen molar-refractivity contribution < 1.29 is 23.8 Å². The largest absolute Gasteiger partial charge is 0.480 e. The molecule has 1 atom stereocenters. The molecule has 1 aliphatic rings. The average Bonchev–Trinajstić information content (AvgIpc) is 3.08. The summed E-state index contributed by atoms with van der Waals surface area (Å²) < 4.78 is 20.0. The number of hydrogen-bond acceptors (Lipinski definition) is 3. The van der Waals surface area contributed by atoms with Crippen LogP contribution in [-0.4, -0.2) is 29.8 Å². The molecule has 31 heavy (non-hydrogen) atoms. The highest BCUT2D eigenvalue weighted by atomic mass is 79.9. The van der Waals surface area contributed by atoms with Crippen LogP contribution in [0.4, 0.5) is 9.18 Å². The van der Waals surface area contributed by atoms with Crippen molar-refractivity contribution in [2.75, 3.05) is 6.61 Å². The fraction of sp³-hybridized carbons (Fsp3) is 0.167. The Morgan fingerprint density at radius 1 is 1.03 bits per heavy atom. The standard InChI is InChI=1S/C24H19BrFNO4/c25-15-9-10-21(26)14(11-15)12-22(23(28)29)27-24(30)31-13-20-18-7-3-1-5-16(18)17-6-2-4-8-19(17)20/h1-11,20,22H,12-13H2,(H,27,30)(H,28,29)/t22-/m1/s1. The Kier molecular flexibility index (Phi) is 6.04. The van der Waals surface area contributed by atoms with Crippen molar-refractivity contribution in [1.82, 2.24) is 5.32 Å². The smallest absolute Gasteiger partial charge is 0.407 e. The molecular weight excluding hydrogens is 465 g/mol. The van der Waals surface area contributed by atoms with E-state index in [1.807, 2.05) is 48.5 Å². The number of halogens is 2. The molecule has 4 rings (SSSR count). The zero-order valence-electron chi connectivity index (χ0n) is 16.3. The molecule has 2 N–H and O–H groups in total. The molecule has 158 valence electrons. The summed E-state index contributed by atoms with van der Waals surface area (Å²) in [5.74, 6) is -1.94. The summed E-state index contributed by atoms with van der Waals surface area (Å²) in [4.78, 5) is 24.0. The van der Waals surface area contributed by atoms with E-state index in [0.717, 1.165) is 22.3 Å². The Hall–Kier alpha value is -3.19. The van der Waals surface area contributed by atoms with Crippen LogP contribution in [-0.2, 0) is 16.0 Å². The van der Waals surface area contributed by atoms with E-state index in [1.165, 1.54) is 18.2 Å². The molecule has 3 aromatic carbocycles. The third kappa shape index (κ3) is 4.46. The predicted molar refractivity (Wildman–Crippen MR) is 117 cm³/mol. The molecule has 0 unspecified atom stereocenters. The van der Waals surface area contributed by atoms with Gasteiger partial charge in [0, 0.05) is 16.8 Å². The number of fused-ring (bicyclic) bond motifs is 3. The van der Waals surface area contributed by atoms with E-state index in [-0.39, 0.29) is 24.5 Å². The number of hydrogen-bond donors (Lipinski definition) is 2. The average molecular weight is 484 g/mol. The fourth-order valence-corrected chi connectivity index (χ4v) is 4.31. The first-order valence-corrected chi connectivity index (χ1v) is 10.5. The second kappa shape index (κ2) is 8.89. The topological polar surface area (TPSA) is 75.6 Å². The molecular formula is C24H19BrFNO4. The number of amides is 1. The van der Waals surface area contributed by atoms with Crippen LogP contribution < -0.4 is 5.32 Å². The summed E-state index contributed by atoms with van der Waals surface area (Å²) in [5, 5.41) is 11.8. The number of benzene rings is 3. The van der Waals surface area contributed by atoms with Gasteiger partial charge in [0.25, 0.3) is 0 Å². The molecule has 1 amide bonds. The summed E-state index contributed by atoms with van der Waals surface area (Å²) in [7, 11) is 0. The van der Waals surface area contributed by atoms with Crippen molar-refractivity contribution in [1.29, 1.82) is 0 Å². The zero-order valence-corrected chi connectivity index (χ0v) is 17.9. The highest BCUT2D eigenvalue weighted by molar-refractivity contribution is 9.10. The van der Waals surface area contributed by atoms with Gasteiger partial charge >= 0.3 is 12.1 Å². The van der Waals surface area contributed by atoms with Crippen LogP contribution in [0.15, 0.2) is 71.2 Å². The lowest BCUT2D eigenvalue weighted by molar-refractivity contribution is -0.139. The van der Waals surface area contributed by atoms with Crippen LogP contribution >= 0.6 is 15.9 Å². The van der Waals surface area contributed by atoms with Crippen molar-refractivity contribution >= 4 is 28.0 Å². The number of carbonyl (C=O) groups is 2. The zero-order chi connectivity index (χ0) is 22.0. The minimum atomic E-state index is -1.32. The summed E-state index contributed by atoms with van der Waals surface area (Å²) in [5.41, 5.74) is 4.49. The van der Waals surface area contributed by atoms with Gasteiger partial charge in [0.05, 0.1) is 0 Å². The second-order valence-corrected chi connectivity index (χ2v) is 8.22. The molecule has 5 nitrogen and oxygen atoms in total. The Balaban J connectivity index is 1.45. The van der Waals surface area contributed by atoms with Gasteiger partial charge in [-0.1, -0.05) is 64.5 Å². The summed E-state index contributed by atoms with van der Waals surface area (Å²) in [6.07, 6.45) is -1.06. The number of carboxylic acids is 1. The van der Waals surface area contributed by atoms with Crippen molar-refractivity contribution in [3.63, 3.8) is 0 Å². The van der Waals surface area contributed by atoms with Gasteiger partial charge in [0.2, 0.25) is 0 Å². The fourth-order valence-electron chi connectivity index (χ4n) is 3.90. The number of nitrogens with one attached hydrogen (secondary N) is 1. The molecule has 0 fully saturated rings. The maximum absolute atomic E-state index is 14.0. The van der Waals surface area contributed by atoms with Gasteiger partial charge in [-0.25, -0.2) is 14.0 Å². The Morgan fingerprint density at radius 2 is 1.65 bits per heavy atom. The van der Waals surface area contributed by atoms with Crippen LogP contribution in [0.1, 0.15) is 22.6 Å². The van der Waals surface area contributed by atoms with E-state index in [2.05, 4.69) is 21.2 Å². The van der Waals surface area contributed by atoms with E-state index in [9.17, 15) is 19.1 Å². The van der Waals surface area contributed by atoms with Crippen molar-refractivity contribution in [3.8, 4) is 11.1 Å². The number of rotatable bonds is 6. The lowest BCUT2D eigenvalue weighted by atomic mass is 9.98. The number of ether oxygens (including phenoxy) is 1. The Morgan fingerprint density at radius 3 is 2.26 bits per heavy atom. The first-order valence-electron chi connectivity index (χ1n) is 9.72. The van der Waals surface area contributed by atoms with Gasteiger partial charge in [-0.2, -0.15) is 0 Å². The maximum atomic E-state index is 14.0. The van der Waals surface area contributed by atoms with E-state index in [1.54, 1.807) is 0 Å². The molecule has 0 aromatic heterocycles. The molecule has 0 saturated heterocycles. The number of carbonyl (C=O) groups excluding carboxylic acids is 1. The molecule has 3 aromatic rings. The summed E-state index contributed by atoms with van der Waals surface area (Å²) in [6.45, 7) is 0.0669. The van der Waals surface area contributed by atoms with E-state index in [0.29, 0.717) is 4.47 Å². The summed E-state index contributed by atoms with van der Waals surface area (Å²) >= 11 is 3.24. The minimum Gasteiger partial charge on any atom is -0.480 e. The lowest BCUT2D eigenvalue weighted by Crippen LogP contribution is -2.43. The molecule has 0 spiro atoms. The third-order valence-corrected chi connectivity index (χ3v) is 5.86. The second-order valence-electron chi connectivity index (χ2n) is 7.30. The monoisotopic (exact) mass is 483 g/mol. The lowest BCUT2D eigenvalue weighted by Gasteiger charge is -2.18. The van der Waals surface area contributed by atoms with E-state index >= 15 is 0 Å². The van der Waals surface area contributed by atoms with Crippen molar-refractivity contribution in [2.24, 2.45) is 0 Å². The van der Waals surface area contributed by atoms with Crippen LogP contribution in [0.3, 0.4) is 0 Å². The van der Waals surface area contributed by atoms with Gasteiger partial charge < -0.3 is 15.2 Å². The van der Waals surface area contributed by atoms with Crippen LogP contribution in [0.25, 0.3) is 11.1 Å². The summed E-state index contributed by atoms with van der Waals surface area (Å²) in [6, 6.07) is 18.8. The molecule has 0 heterocycles. The number of alkyl carbamates (subject to hydrolysis) is 1. The molecule has 7 heteroatoms. The first-order chi connectivity index (χ1) is 14.9. The predicted octanol–water partition coefficient (Wildman–Crippen LogP) is 5.12. The van der Waals surface area contributed by atoms with Gasteiger partial charge in [-0.3, -0.25) is 0 Å². The quantitative estimate of drug-likeness (QED) is 0.509. The molecule has 0 aliphatic heterocycles. The van der Waals surface area contributed by atoms with E-state index in [4.69, 9.17) is 4.74 Å². The third-order valence-electron chi connectivity index (χ3n) is 5.37. The highest BCUT2D eigenvalue weighted by Gasteiger charge is 2.30. The maximum Gasteiger partial charge on any atom is 0.407 e. The van der Waals surface area contributed by atoms with Gasteiger partial charge in [-0.15, -0.1) is 0 Å². The molecule has 1 aliphatic carbocycles. The van der Waals surface area contributed by atoms with Crippen molar-refractivity contribution in [2.45, 2.75) is 18.4 Å². The first kappa shape index (κ1) is 21.1. The van der Waals surface area contributed by atoms with Crippen LogP contribution in [0, 0.1) is 5.82 Å². The van der Waals surface area contributed by atoms with Crippen LogP contribution in [0.5, 0.6) is 0 Å². The number of carboxylic acid groups (broad SMARTS) is 1. The van der Waals surface area contributed by atoms with Crippen LogP contribution in [0.2, 0.25) is 0 Å². The van der Waals surface area contributed by atoms with Gasteiger partial charge in [0.15, 0.2) is 0 Å². The van der Waals surface area contributed by atoms with Gasteiger partial charge in [-0.05, 0) is 46.0 Å². The Bertz CT molecular complexity index is 1100. The highest BCUT2D eigenvalue weighted by Crippen LogP contribution is 2.44. The molecule has 0 radical (unpaired) electrons. The molecule has 0 bridgehead atoms. The van der Waals surface area contributed by atoms with Crippen molar-refractivity contribution in [3.05, 3.63) is 93.7 Å². The number of aliphatic carboxylic acids is 1. The minimum absolute atomic E-state index is 0.0669. The molecule has 0 saturated carbocycles.